The number of carbonyl (C=O) groups is 1. The van der Waals surface area contributed by atoms with Gasteiger partial charge in [0.15, 0.2) is 0 Å². The number of nitrogen functional groups attached to an aromatic ring is 1. The van der Waals surface area contributed by atoms with Crippen LogP contribution in [0.25, 0.3) is 0 Å². The molecule has 2 rings (SSSR count). The first-order valence-corrected chi connectivity index (χ1v) is 6.45. The fraction of sp³-hybridized carbons (Fsp3) is 0.500. The number of hydrogen-bond donors (Lipinski definition) is 2. The maximum absolute atomic E-state index is 11.1. The highest BCUT2D eigenvalue weighted by atomic mass is 16.1. The van der Waals surface area contributed by atoms with Gasteiger partial charge in [-0.1, -0.05) is 6.92 Å². The average Bonchev–Trinajstić information content (AvgIpc) is 2.30. The van der Waals surface area contributed by atoms with Crippen LogP contribution in [0.4, 0.5) is 11.4 Å². The number of hydrogen-bond acceptors (Lipinski definition) is 3. The van der Waals surface area contributed by atoms with Crippen molar-refractivity contribution in [3.63, 3.8) is 0 Å². The molecule has 4 N–H and O–H groups in total. The third-order valence-corrected chi connectivity index (χ3v) is 3.76. The average molecular weight is 247 g/mol. The first-order valence-electron chi connectivity index (χ1n) is 6.45. The van der Waals surface area contributed by atoms with E-state index in [1.807, 2.05) is 6.07 Å². The van der Waals surface area contributed by atoms with E-state index < -0.39 is 5.91 Å². The van der Waals surface area contributed by atoms with Crippen LogP contribution < -0.4 is 16.4 Å². The van der Waals surface area contributed by atoms with E-state index >= 15 is 0 Å². The standard InChI is InChI=1S/C14H21N3O/c1-9-5-6-17(10(2)7-9)13-4-3-11(14(16)18)8-12(13)15/h3-4,8-10H,5-7,15H2,1-2H3,(H2,16,18). The lowest BCUT2D eigenvalue weighted by molar-refractivity contribution is 0.100. The lowest BCUT2D eigenvalue weighted by atomic mass is 9.92. The Bertz CT molecular complexity index is 458. The van der Waals surface area contributed by atoms with Crippen molar-refractivity contribution < 1.29 is 4.79 Å². The second-order valence-electron chi connectivity index (χ2n) is 5.31. The maximum Gasteiger partial charge on any atom is 0.248 e. The molecule has 1 saturated heterocycles. The van der Waals surface area contributed by atoms with Gasteiger partial charge in [0.25, 0.3) is 0 Å². The van der Waals surface area contributed by atoms with Gasteiger partial charge in [0, 0.05) is 18.2 Å². The number of nitrogens with two attached hydrogens (primary N) is 2. The van der Waals surface area contributed by atoms with Crippen molar-refractivity contribution in [2.45, 2.75) is 32.7 Å². The van der Waals surface area contributed by atoms with E-state index in [9.17, 15) is 4.79 Å². The monoisotopic (exact) mass is 247 g/mol. The number of carbonyl (C=O) groups excluding carboxylic acids is 1. The molecule has 1 fully saturated rings. The van der Waals surface area contributed by atoms with Gasteiger partial charge in [-0.25, -0.2) is 0 Å². The number of anilines is 2. The molecule has 4 nitrogen and oxygen atoms in total. The van der Waals surface area contributed by atoms with Gasteiger partial charge in [0.05, 0.1) is 11.4 Å². The summed E-state index contributed by atoms with van der Waals surface area (Å²) in [4.78, 5) is 13.4. The van der Waals surface area contributed by atoms with E-state index in [1.165, 1.54) is 12.8 Å². The highest BCUT2D eigenvalue weighted by molar-refractivity contribution is 5.94. The molecule has 0 aromatic heterocycles. The van der Waals surface area contributed by atoms with Crippen LogP contribution >= 0.6 is 0 Å². The van der Waals surface area contributed by atoms with Gasteiger partial charge >= 0.3 is 0 Å². The number of rotatable bonds is 2. The minimum Gasteiger partial charge on any atom is -0.397 e. The highest BCUT2D eigenvalue weighted by Crippen LogP contribution is 2.32. The third-order valence-electron chi connectivity index (χ3n) is 3.76. The summed E-state index contributed by atoms with van der Waals surface area (Å²) in [5.41, 5.74) is 13.4. The molecule has 1 heterocycles. The van der Waals surface area contributed by atoms with Crippen molar-refractivity contribution in [2.24, 2.45) is 11.7 Å². The molecule has 18 heavy (non-hydrogen) atoms. The zero-order valence-electron chi connectivity index (χ0n) is 11.0. The van der Waals surface area contributed by atoms with Crippen molar-refractivity contribution in [3.8, 4) is 0 Å². The summed E-state index contributed by atoms with van der Waals surface area (Å²) in [6.07, 6.45) is 2.36. The molecule has 0 bridgehead atoms. The zero-order valence-corrected chi connectivity index (χ0v) is 11.0. The second kappa shape index (κ2) is 4.88. The summed E-state index contributed by atoms with van der Waals surface area (Å²) < 4.78 is 0. The SMILES string of the molecule is CC1CCN(c2ccc(C(N)=O)cc2N)C(C)C1. The largest absolute Gasteiger partial charge is 0.397 e. The molecular weight excluding hydrogens is 226 g/mol. The molecule has 0 saturated carbocycles. The van der Waals surface area contributed by atoms with E-state index in [-0.39, 0.29) is 0 Å². The van der Waals surface area contributed by atoms with Crippen molar-refractivity contribution in [3.05, 3.63) is 23.8 Å². The van der Waals surface area contributed by atoms with Crippen LogP contribution in [0.1, 0.15) is 37.0 Å². The summed E-state index contributed by atoms with van der Waals surface area (Å²) >= 11 is 0. The maximum atomic E-state index is 11.1. The molecule has 1 aromatic rings. The lowest BCUT2D eigenvalue weighted by Crippen LogP contribution is -2.40. The topological polar surface area (TPSA) is 72.3 Å². The smallest absolute Gasteiger partial charge is 0.248 e. The fourth-order valence-corrected chi connectivity index (χ4v) is 2.73. The molecule has 1 aliphatic rings. The Hall–Kier alpha value is -1.71. The van der Waals surface area contributed by atoms with Crippen LogP contribution in [-0.2, 0) is 0 Å². The molecule has 2 unspecified atom stereocenters. The molecule has 0 spiro atoms. The summed E-state index contributed by atoms with van der Waals surface area (Å²) in [5, 5.41) is 0. The Kier molecular flexibility index (Phi) is 3.45. The van der Waals surface area contributed by atoms with Crippen LogP contribution in [-0.4, -0.2) is 18.5 Å². The van der Waals surface area contributed by atoms with Crippen LogP contribution in [0.5, 0.6) is 0 Å². The Morgan fingerprint density at radius 3 is 2.67 bits per heavy atom. The summed E-state index contributed by atoms with van der Waals surface area (Å²) in [6, 6.07) is 5.80. The Labute approximate surface area is 108 Å². The molecule has 0 aliphatic carbocycles. The molecule has 1 amide bonds. The normalized spacial score (nSPS) is 24.0. The molecule has 1 aliphatic heterocycles. The van der Waals surface area contributed by atoms with Crippen LogP contribution in [0, 0.1) is 5.92 Å². The molecule has 98 valence electrons. The van der Waals surface area contributed by atoms with E-state index in [4.69, 9.17) is 11.5 Å². The van der Waals surface area contributed by atoms with Gasteiger partial charge in [-0.15, -0.1) is 0 Å². The molecule has 4 heteroatoms. The van der Waals surface area contributed by atoms with Crippen molar-refractivity contribution in [2.75, 3.05) is 17.2 Å². The second-order valence-corrected chi connectivity index (χ2v) is 5.31. The van der Waals surface area contributed by atoms with E-state index in [0.29, 0.717) is 17.3 Å². The number of nitrogens with zero attached hydrogens (tertiary/aromatic N) is 1. The van der Waals surface area contributed by atoms with E-state index in [0.717, 1.165) is 18.2 Å². The highest BCUT2D eigenvalue weighted by Gasteiger charge is 2.24. The van der Waals surface area contributed by atoms with E-state index in [1.54, 1.807) is 12.1 Å². The number of benzene rings is 1. The van der Waals surface area contributed by atoms with Crippen molar-refractivity contribution in [1.82, 2.24) is 0 Å². The zero-order chi connectivity index (χ0) is 13.3. The van der Waals surface area contributed by atoms with Crippen molar-refractivity contribution in [1.29, 1.82) is 0 Å². The number of piperidine rings is 1. The lowest BCUT2D eigenvalue weighted by Gasteiger charge is -2.39. The number of amides is 1. The van der Waals surface area contributed by atoms with Crippen molar-refractivity contribution >= 4 is 17.3 Å². The third kappa shape index (κ3) is 2.42. The van der Waals surface area contributed by atoms with Crippen LogP contribution in [0.2, 0.25) is 0 Å². The predicted octanol–water partition coefficient (Wildman–Crippen LogP) is 1.99. The van der Waals surface area contributed by atoms with Gasteiger partial charge in [-0.3, -0.25) is 4.79 Å². The summed E-state index contributed by atoms with van der Waals surface area (Å²) in [5.74, 6) is 0.330. The Morgan fingerprint density at radius 1 is 1.39 bits per heavy atom. The first-order chi connectivity index (χ1) is 8.49. The van der Waals surface area contributed by atoms with Crippen LogP contribution in [0.15, 0.2) is 18.2 Å². The summed E-state index contributed by atoms with van der Waals surface area (Å²) in [6.45, 7) is 5.52. The Balaban J connectivity index is 2.26. The summed E-state index contributed by atoms with van der Waals surface area (Å²) in [7, 11) is 0. The number of primary amides is 1. The van der Waals surface area contributed by atoms with Gasteiger partial charge in [0.1, 0.15) is 0 Å². The first kappa shape index (κ1) is 12.7. The van der Waals surface area contributed by atoms with Gasteiger partial charge in [0.2, 0.25) is 5.91 Å². The predicted molar refractivity (Wildman–Crippen MR) is 74.6 cm³/mol. The fourth-order valence-electron chi connectivity index (χ4n) is 2.73. The minimum absolute atomic E-state index is 0.437. The quantitative estimate of drug-likeness (QED) is 0.785. The van der Waals surface area contributed by atoms with Gasteiger partial charge < -0.3 is 16.4 Å². The minimum atomic E-state index is -0.437. The van der Waals surface area contributed by atoms with Gasteiger partial charge in [-0.05, 0) is 43.9 Å². The Morgan fingerprint density at radius 2 is 2.11 bits per heavy atom. The van der Waals surface area contributed by atoms with Crippen LogP contribution in [0.3, 0.4) is 0 Å². The van der Waals surface area contributed by atoms with E-state index in [2.05, 4.69) is 18.7 Å². The molecular formula is C14H21N3O. The van der Waals surface area contributed by atoms with Gasteiger partial charge in [-0.2, -0.15) is 0 Å². The molecule has 0 radical (unpaired) electrons. The molecule has 2 atom stereocenters. The molecule has 1 aromatic carbocycles.